The van der Waals surface area contributed by atoms with Gasteiger partial charge in [0.2, 0.25) is 0 Å². The summed E-state index contributed by atoms with van der Waals surface area (Å²) in [6.45, 7) is 3.22. The molecule has 1 N–H and O–H groups in total. The van der Waals surface area contributed by atoms with Crippen molar-refractivity contribution >= 4 is 33.2 Å². The number of halogens is 2. The monoisotopic (exact) mass is 415 g/mol. The SMILES string of the molecule is Cc1ccc(NCc2ccccc2OCc2ccc(Br)cc2)cc1Cl. The first-order valence-electron chi connectivity index (χ1n) is 8.07. The molecule has 0 amide bonds. The van der Waals surface area contributed by atoms with Gasteiger partial charge in [-0.1, -0.05) is 63.9 Å². The van der Waals surface area contributed by atoms with E-state index in [-0.39, 0.29) is 0 Å². The molecule has 0 radical (unpaired) electrons. The molecule has 4 heteroatoms. The van der Waals surface area contributed by atoms with Crippen LogP contribution in [0, 0.1) is 6.92 Å². The fourth-order valence-electron chi connectivity index (χ4n) is 2.43. The van der Waals surface area contributed by atoms with E-state index in [0.29, 0.717) is 13.2 Å². The Hall–Kier alpha value is -1.97. The van der Waals surface area contributed by atoms with Gasteiger partial charge in [0, 0.05) is 27.3 Å². The Labute approximate surface area is 161 Å². The van der Waals surface area contributed by atoms with Crippen LogP contribution in [0.3, 0.4) is 0 Å². The minimum Gasteiger partial charge on any atom is -0.489 e. The van der Waals surface area contributed by atoms with Crippen LogP contribution in [0.1, 0.15) is 16.7 Å². The second-order valence-corrected chi connectivity index (χ2v) is 7.16. The van der Waals surface area contributed by atoms with Gasteiger partial charge >= 0.3 is 0 Å². The third-order valence-electron chi connectivity index (χ3n) is 3.94. The van der Waals surface area contributed by atoms with Crippen molar-refractivity contribution in [1.29, 1.82) is 0 Å². The molecule has 25 heavy (non-hydrogen) atoms. The lowest BCUT2D eigenvalue weighted by atomic mass is 10.1. The Morgan fingerprint density at radius 2 is 1.76 bits per heavy atom. The summed E-state index contributed by atoms with van der Waals surface area (Å²) in [5.41, 5.74) is 4.32. The lowest BCUT2D eigenvalue weighted by Crippen LogP contribution is -2.03. The molecule has 128 valence electrons. The zero-order valence-electron chi connectivity index (χ0n) is 13.9. The van der Waals surface area contributed by atoms with Crippen LogP contribution in [0.2, 0.25) is 5.02 Å². The summed E-state index contributed by atoms with van der Waals surface area (Å²) >= 11 is 9.63. The van der Waals surface area contributed by atoms with E-state index < -0.39 is 0 Å². The number of hydrogen-bond acceptors (Lipinski definition) is 2. The number of nitrogens with one attached hydrogen (secondary N) is 1. The zero-order valence-corrected chi connectivity index (χ0v) is 16.3. The van der Waals surface area contributed by atoms with Crippen LogP contribution in [-0.4, -0.2) is 0 Å². The van der Waals surface area contributed by atoms with Crippen molar-refractivity contribution in [2.75, 3.05) is 5.32 Å². The summed E-state index contributed by atoms with van der Waals surface area (Å²) in [6.07, 6.45) is 0. The van der Waals surface area contributed by atoms with Gasteiger partial charge in [0.1, 0.15) is 12.4 Å². The van der Waals surface area contributed by atoms with E-state index >= 15 is 0 Å². The number of anilines is 1. The van der Waals surface area contributed by atoms with Gasteiger partial charge in [-0.3, -0.25) is 0 Å². The number of hydrogen-bond donors (Lipinski definition) is 1. The first-order chi connectivity index (χ1) is 12.1. The summed E-state index contributed by atoms with van der Waals surface area (Å²) in [5.74, 6) is 0.885. The van der Waals surface area contributed by atoms with Crippen molar-refractivity contribution in [1.82, 2.24) is 0 Å². The zero-order chi connectivity index (χ0) is 17.6. The third kappa shape index (κ3) is 5.00. The molecule has 3 aromatic rings. The Morgan fingerprint density at radius 1 is 1.00 bits per heavy atom. The van der Waals surface area contributed by atoms with Crippen LogP contribution in [-0.2, 0) is 13.2 Å². The van der Waals surface area contributed by atoms with Crippen molar-refractivity contribution in [3.05, 3.63) is 92.9 Å². The van der Waals surface area contributed by atoms with Crippen LogP contribution in [0.5, 0.6) is 5.75 Å². The maximum absolute atomic E-state index is 6.19. The Morgan fingerprint density at radius 3 is 2.52 bits per heavy atom. The molecule has 0 fully saturated rings. The van der Waals surface area contributed by atoms with E-state index in [9.17, 15) is 0 Å². The summed E-state index contributed by atoms with van der Waals surface area (Å²) in [4.78, 5) is 0. The topological polar surface area (TPSA) is 21.3 Å². The van der Waals surface area contributed by atoms with Crippen molar-refractivity contribution in [3.8, 4) is 5.75 Å². The molecule has 0 aliphatic carbocycles. The van der Waals surface area contributed by atoms with Crippen LogP contribution in [0.4, 0.5) is 5.69 Å². The largest absolute Gasteiger partial charge is 0.489 e. The van der Waals surface area contributed by atoms with E-state index in [1.807, 2.05) is 55.5 Å². The number of ether oxygens (including phenoxy) is 1. The van der Waals surface area contributed by atoms with E-state index in [0.717, 1.165) is 37.6 Å². The highest BCUT2D eigenvalue weighted by Crippen LogP contribution is 2.23. The number of aryl methyl sites for hydroxylation is 1. The minimum absolute atomic E-state index is 0.542. The average Bonchev–Trinajstić information content (AvgIpc) is 2.63. The van der Waals surface area contributed by atoms with Crippen LogP contribution < -0.4 is 10.1 Å². The molecule has 0 aromatic heterocycles. The first-order valence-corrected chi connectivity index (χ1v) is 9.24. The molecule has 0 bridgehead atoms. The fraction of sp³-hybridized carbons (Fsp3) is 0.143. The number of benzene rings is 3. The minimum atomic E-state index is 0.542. The lowest BCUT2D eigenvalue weighted by molar-refractivity contribution is 0.303. The van der Waals surface area contributed by atoms with E-state index in [4.69, 9.17) is 16.3 Å². The van der Waals surface area contributed by atoms with Crippen molar-refractivity contribution in [3.63, 3.8) is 0 Å². The van der Waals surface area contributed by atoms with Gasteiger partial charge in [-0.2, -0.15) is 0 Å². The Bertz CT molecular complexity index is 849. The maximum atomic E-state index is 6.19. The third-order valence-corrected chi connectivity index (χ3v) is 4.87. The predicted octanol–water partition coefficient (Wildman–Crippen LogP) is 6.60. The molecule has 0 saturated heterocycles. The highest BCUT2D eigenvalue weighted by atomic mass is 79.9. The maximum Gasteiger partial charge on any atom is 0.124 e. The molecule has 3 aromatic carbocycles. The molecule has 0 unspecified atom stereocenters. The van der Waals surface area contributed by atoms with Crippen LogP contribution in [0.15, 0.2) is 71.2 Å². The second-order valence-electron chi connectivity index (χ2n) is 5.84. The van der Waals surface area contributed by atoms with E-state index in [1.165, 1.54) is 0 Å². The normalized spacial score (nSPS) is 10.5. The van der Waals surface area contributed by atoms with Gasteiger partial charge in [-0.25, -0.2) is 0 Å². The summed E-state index contributed by atoms with van der Waals surface area (Å²) in [7, 11) is 0. The molecule has 0 atom stereocenters. The molecule has 0 spiro atoms. The highest BCUT2D eigenvalue weighted by molar-refractivity contribution is 9.10. The van der Waals surface area contributed by atoms with E-state index in [2.05, 4.69) is 39.4 Å². The van der Waals surface area contributed by atoms with Gasteiger partial charge in [0.05, 0.1) is 0 Å². The molecular formula is C21H19BrClNO. The summed E-state index contributed by atoms with van der Waals surface area (Å²) < 4.78 is 7.08. The quantitative estimate of drug-likeness (QED) is 0.488. The molecule has 0 aliphatic rings. The Kier molecular flexibility index (Phi) is 6.00. The highest BCUT2D eigenvalue weighted by Gasteiger charge is 2.05. The predicted molar refractivity (Wildman–Crippen MR) is 108 cm³/mol. The summed E-state index contributed by atoms with van der Waals surface area (Å²) in [5, 5.41) is 4.17. The molecule has 2 nitrogen and oxygen atoms in total. The van der Waals surface area contributed by atoms with Crippen molar-refractivity contribution in [2.24, 2.45) is 0 Å². The number of para-hydroxylation sites is 1. The average molecular weight is 417 g/mol. The van der Waals surface area contributed by atoms with E-state index in [1.54, 1.807) is 0 Å². The number of rotatable bonds is 6. The van der Waals surface area contributed by atoms with Crippen LogP contribution >= 0.6 is 27.5 Å². The fourth-order valence-corrected chi connectivity index (χ4v) is 2.88. The van der Waals surface area contributed by atoms with Crippen LogP contribution in [0.25, 0.3) is 0 Å². The smallest absolute Gasteiger partial charge is 0.124 e. The van der Waals surface area contributed by atoms with Gasteiger partial charge in [0.25, 0.3) is 0 Å². The van der Waals surface area contributed by atoms with Crippen molar-refractivity contribution < 1.29 is 4.74 Å². The lowest BCUT2D eigenvalue weighted by Gasteiger charge is -2.13. The van der Waals surface area contributed by atoms with Gasteiger partial charge < -0.3 is 10.1 Å². The molecule has 0 saturated carbocycles. The molecule has 0 heterocycles. The molecule has 3 rings (SSSR count). The van der Waals surface area contributed by atoms with Crippen molar-refractivity contribution in [2.45, 2.75) is 20.1 Å². The molecular weight excluding hydrogens is 398 g/mol. The van der Waals surface area contributed by atoms with Gasteiger partial charge in [-0.05, 0) is 48.4 Å². The Balaban J connectivity index is 1.65. The van der Waals surface area contributed by atoms with Gasteiger partial charge in [-0.15, -0.1) is 0 Å². The molecule has 0 aliphatic heterocycles. The second kappa shape index (κ2) is 8.41. The standard InChI is InChI=1S/C21H19BrClNO/c1-15-6-11-19(12-20(15)23)24-13-17-4-2-3-5-21(17)25-14-16-7-9-18(22)10-8-16/h2-12,24H,13-14H2,1H3. The summed E-state index contributed by atoms with van der Waals surface area (Å²) in [6, 6.07) is 22.2. The van der Waals surface area contributed by atoms with Gasteiger partial charge in [0.15, 0.2) is 0 Å². The first kappa shape index (κ1) is 17.8.